The van der Waals surface area contributed by atoms with Crippen LogP contribution in [0.5, 0.6) is 23.0 Å². The molecule has 0 bridgehead atoms. The minimum Gasteiger partial charge on any atom is -0.493 e. The number of aromatic nitrogens is 2. The Hall–Kier alpha value is -3.22. The van der Waals surface area contributed by atoms with Crippen molar-refractivity contribution in [2.75, 3.05) is 27.4 Å². The molecule has 1 aliphatic heterocycles. The third kappa shape index (κ3) is 2.53. The van der Waals surface area contributed by atoms with Gasteiger partial charge in [-0.1, -0.05) is 6.07 Å². The van der Waals surface area contributed by atoms with Crippen molar-refractivity contribution in [3.05, 3.63) is 40.7 Å². The average Bonchev–Trinajstić information content (AvgIpc) is 2.66. The first-order valence-electron chi connectivity index (χ1n) is 7.76. The maximum absolute atomic E-state index is 12.5. The molecule has 0 saturated carbocycles. The van der Waals surface area contributed by atoms with E-state index in [1.165, 1.54) is 14.2 Å². The highest BCUT2D eigenvalue weighted by molar-refractivity contribution is 5.84. The van der Waals surface area contributed by atoms with Crippen molar-refractivity contribution in [1.82, 2.24) is 9.97 Å². The number of ether oxygens (including phenoxy) is 4. The molecule has 0 fully saturated rings. The molecular weight excluding hydrogens is 324 g/mol. The summed E-state index contributed by atoms with van der Waals surface area (Å²) < 4.78 is 21.8. The minimum atomic E-state index is -0.268. The molecule has 7 heteroatoms. The molecule has 128 valence electrons. The molecule has 7 nitrogen and oxygen atoms in total. The zero-order valence-corrected chi connectivity index (χ0v) is 13.8. The molecular formula is C18H16N2O5. The molecule has 3 aromatic rings. The van der Waals surface area contributed by atoms with Crippen LogP contribution in [0.15, 0.2) is 35.1 Å². The fraction of sp³-hybridized carbons (Fsp3) is 0.222. The van der Waals surface area contributed by atoms with Crippen LogP contribution < -0.4 is 24.5 Å². The van der Waals surface area contributed by atoms with Crippen molar-refractivity contribution >= 4 is 10.9 Å². The van der Waals surface area contributed by atoms with E-state index in [1.807, 2.05) is 18.2 Å². The third-order valence-electron chi connectivity index (χ3n) is 4.03. The number of aromatic amines is 1. The first-order valence-corrected chi connectivity index (χ1v) is 7.76. The van der Waals surface area contributed by atoms with Gasteiger partial charge in [-0.3, -0.25) is 4.79 Å². The molecule has 0 radical (unpaired) electrons. The van der Waals surface area contributed by atoms with E-state index in [2.05, 4.69) is 9.97 Å². The number of benzene rings is 2. The predicted molar refractivity (Wildman–Crippen MR) is 91.9 cm³/mol. The Labute approximate surface area is 143 Å². The van der Waals surface area contributed by atoms with Crippen LogP contribution >= 0.6 is 0 Å². The number of fused-ring (bicyclic) bond motifs is 2. The van der Waals surface area contributed by atoms with Crippen LogP contribution in [0.4, 0.5) is 0 Å². The van der Waals surface area contributed by atoms with Gasteiger partial charge in [-0.25, -0.2) is 4.98 Å². The standard InChI is InChI=1S/C18H16N2O5/c1-22-14-8-11-12(9-15(14)23-2)19-17(20-18(11)21)10-4-3-5-13-16(10)25-7-6-24-13/h3-5,8-9H,6-7H2,1-2H3,(H,19,20,21). The van der Waals surface area contributed by atoms with Gasteiger partial charge in [0.05, 0.1) is 30.7 Å². The van der Waals surface area contributed by atoms with E-state index in [0.29, 0.717) is 58.5 Å². The van der Waals surface area contributed by atoms with E-state index in [9.17, 15) is 4.79 Å². The summed E-state index contributed by atoms with van der Waals surface area (Å²) in [5.74, 6) is 2.61. The normalized spacial score (nSPS) is 12.9. The van der Waals surface area contributed by atoms with E-state index in [1.54, 1.807) is 12.1 Å². The van der Waals surface area contributed by atoms with Gasteiger partial charge in [-0.2, -0.15) is 0 Å². The van der Waals surface area contributed by atoms with E-state index < -0.39 is 0 Å². The molecule has 0 aliphatic carbocycles. The van der Waals surface area contributed by atoms with E-state index in [-0.39, 0.29) is 5.56 Å². The average molecular weight is 340 g/mol. The van der Waals surface area contributed by atoms with Crippen LogP contribution in [0, 0.1) is 0 Å². The maximum atomic E-state index is 12.5. The van der Waals surface area contributed by atoms with Gasteiger partial charge < -0.3 is 23.9 Å². The molecule has 2 aromatic carbocycles. The van der Waals surface area contributed by atoms with E-state index in [4.69, 9.17) is 18.9 Å². The third-order valence-corrected chi connectivity index (χ3v) is 4.03. The van der Waals surface area contributed by atoms with E-state index >= 15 is 0 Å². The van der Waals surface area contributed by atoms with Gasteiger partial charge in [-0.05, 0) is 18.2 Å². The van der Waals surface area contributed by atoms with Crippen molar-refractivity contribution in [2.45, 2.75) is 0 Å². The van der Waals surface area contributed by atoms with Gasteiger partial charge in [0, 0.05) is 6.07 Å². The van der Waals surface area contributed by atoms with E-state index in [0.717, 1.165) is 0 Å². The summed E-state index contributed by atoms with van der Waals surface area (Å²) in [6.07, 6.45) is 0. The Morgan fingerprint density at radius 3 is 2.64 bits per heavy atom. The number of nitrogens with one attached hydrogen (secondary N) is 1. The molecule has 25 heavy (non-hydrogen) atoms. The van der Waals surface area contributed by atoms with Gasteiger partial charge in [0.1, 0.15) is 19.0 Å². The Balaban J connectivity index is 1.94. The molecule has 1 aliphatic rings. The smallest absolute Gasteiger partial charge is 0.259 e. The van der Waals surface area contributed by atoms with Gasteiger partial charge in [0.2, 0.25) is 0 Å². The van der Waals surface area contributed by atoms with Crippen molar-refractivity contribution in [3.8, 4) is 34.4 Å². The second kappa shape index (κ2) is 6.01. The van der Waals surface area contributed by atoms with Gasteiger partial charge in [0.25, 0.3) is 5.56 Å². The number of methoxy groups -OCH3 is 2. The maximum Gasteiger partial charge on any atom is 0.259 e. The monoisotopic (exact) mass is 340 g/mol. The zero-order valence-electron chi connectivity index (χ0n) is 13.8. The molecule has 0 amide bonds. The van der Waals surface area contributed by atoms with Crippen LogP contribution in [0.2, 0.25) is 0 Å². The molecule has 2 heterocycles. The number of H-pyrrole nitrogens is 1. The molecule has 1 N–H and O–H groups in total. The summed E-state index contributed by atoms with van der Waals surface area (Å²) in [4.78, 5) is 19.9. The highest BCUT2D eigenvalue weighted by Gasteiger charge is 2.19. The summed E-state index contributed by atoms with van der Waals surface area (Å²) in [6, 6.07) is 8.79. The number of hydrogen-bond acceptors (Lipinski definition) is 6. The summed E-state index contributed by atoms with van der Waals surface area (Å²) in [7, 11) is 3.06. The van der Waals surface area contributed by atoms with Crippen LogP contribution in [0.3, 0.4) is 0 Å². The molecule has 0 atom stereocenters. The molecule has 0 spiro atoms. The largest absolute Gasteiger partial charge is 0.493 e. The topological polar surface area (TPSA) is 82.7 Å². The number of hydrogen-bond donors (Lipinski definition) is 1. The van der Waals surface area contributed by atoms with Crippen LogP contribution in [0.25, 0.3) is 22.3 Å². The second-order valence-electron chi connectivity index (χ2n) is 5.47. The van der Waals surface area contributed by atoms with Gasteiger partial charge >= 0.3 is 0 Å². The summed E-state index contributed by atoms with van der Waals surface area (Å²) >= 11 is 0. The lowest BCUT2D eigenvalue weighted by atomic mass is 10.1. The Bertz CT molecular complexity index is 1010. The van der Waals surface area contributed by atoms with Crippen molar-refractivity contribution < 1.29 is 18.9 Å². The first kappa shape index (κ1) is 15.3. The van der Waals surface area contributed by atoms with Crippen molar-refractivity contribution in [2.24, 2.45) is 0 Å². The molecule has 0 saturated heterocycles. The zero-order chi connectivity index (χ0) is 17.4. The Morgan fingerprint density at radius 1 is 1.08 bits per heavy atom. The highest BCUT2D eigenvalue weighted by Crippen LogP contribution is 2.39. The van der Waals surface area contributed by atoms with Crippen LogP contribution in [-0.2, 0) is 0 Å². The summed E-state index contributed by atoms with van der Waals surface area (Å²) in [5.41, 5.74) is 0.909. The lowest BCUT2D eigenvalue weighted by Gasteiger charge is -2.20. The fourth-order valence-corrected chi connectivity index (χ4v) is 2.85. The van der Waals surface area contributed by atoms with Crippen LogP contribution in [-0.4, -0.2) is 37.4 Å². The quantitative estimate of drug-likeness (QED) is 0.788. The second-order valence-corrected chi connectivity index (χ2v) is 5.47. The minimum absolute atomic E-state index is 0.268. The van der Waals surface area contributed by atoms with Gasteiger partial charge in [0.15, 0.2) is 23.0 Å². The van der Waals surface area contributed by atoms with Crippen molar-refractivity contribution in [1.29, 1.82) is 0 Å². The Morgan fingerprint density at radius 2 is 1.84 bits per heavy atom. The first-order chi connectivity index (χ1) is 12.2. The number of rotatable bonds is 3. The molecule has 4 rings (SSSR count). The highest BCUT2D eigenvalue weighted by atomic mass is 16.6. The summed E-state index contributed by atoms with van der Waals surface area (Å²) in [5, 5.41) is 0.420. The molecule has 0 unspecified atom stereocenters. The SMILES string of the molecule is COc1cc2nc(-c3cccc4c3OCCO4)[nH]c(=O)c2cc1OC. The van der Waals surface area contributed by atoms with Gasteiger partial charge in [-0.15, -0.1) is 0 Å². The molecule has 1 aromatic heterocycles. The lowest BCUT2D eigenvalue weighted by Crippen LogP contribution is -2.17. The Kier molecular flexibility index (Phi) is 3.68. The fourth-order valence-electron chi connectivity index (χ4n) is 2.85. The lowest BCUT2D eigenvalue weighted by molar-refractivity contribution is 0.172. The summed E-state index contributed by atoms with van der Waals surface area (Å²) in [6.45, 7) is 0.946. The van der Waals surface area contributed by atoms with Crippen molar-refractivity contribution in [3.63, 3.8) is 0 Å². The predicted octanol–water partition coefficient (Wildman–Crippen LogP) is 2.38. The van der Waals surface area contributed by atoms with Crippen LogP contribution in [0.1, 0.15) is 0 Å². The number of para-hydroxylation sites is 1. The number of nitrogens with zero attached hydrogens (tertiary/aromatic N) is 1.